The van der Waals surface area contributed by atoms with Crippen LogP contribution >= 0.6 is 0 Å². The largest absolute Gasteiger partial charge is 0.330 e. The number of hydrogen-bond donors (Lipinski definition) is 4. The zero-order valence-electron chi connectivity index (χ0n) is 15.7. The van der Waals surface area contributed by atoms with Crippen molar-refractivity contribution < 1.29 is 0 Å². The number of nitrogens with one attached hydrogen (secondary N) is 1. The summed E-state index contributed by atoms with van der Waals surface area (Å²) in [4.78, 5) is 0. The molecule has 4 nitrogen and oxygen atoms in total. The van der Waals surface area contributed by atoms with Gasteiger partial charge in [-0.3, -0.25) is 0 Å². The average Bonchev–Trinajstić information content (AvgIpc) is 2.70. The topological polar surface area (TPSA) is 90.1 Å². The maximum atomic E-state index is 6.66. The molecule has 0 aliphatic heterocycles. The number of benzene rings is 2. The van der Waals surface area contributed by atoms with Crippen molar-refractivity contribution in [3.05, 3.63) is 71.8 Å². The zero-order chi connectivity index (χ0) is 18.6. The molecule has 0 radical (unpaired) electrons. The van der Waals surface area contributed by atoms with Gasteiger partial charge in [0.15, 0.2) is 0 Å². The predicted octanol–water partition coefficient (Wildman–Crippen LogP) is 2.07. The van der Waals surface area contributed by atoms with Crippen LogP contribution in [0.1, 0.15) is 24.0 Å². The Labute approximate surface area is 158 Å². The zero-order valence-corrected chi connectivity index (χ0v) is 15.7. The van der Waals surface area contributed by atoms with Crippen LogP contribution in [0.3, 0.4) is 0 Å². The van der Waals surface area contributed by atoms with Gasteiger partial charge in [0.25, 0.3) is 0 Å². The fourth-order valence-electron chi connectivity index (χ4n) is 3.44. The number of rotatable bonds is 12. The van der Waals surface area contributed by atoms with Crippen molar-refractivity contribution in [3.63, 3.8) is 0 Å². The summed E-state index contributed by atoms with van der Waals surface area (Å²) >= 11 is 0. The molecule has 0 fully saturated rings. The summed E-state index contributed by atoms with van der Waals surface area (Å²) in [5.41, 5.74) is 21.1. The lowest BCUT2D eigenvalue weighted by molar-refractivity contribution is 0.312. The first kappa shape index (κ1) is 20.6. The number of nitrogens with two attached hydrogens (primary N) is 3. The van der Waals surface area contributed by atoms with Gasteiger partial charge in [0.05, 0.1) is 0 Å². The van der Waals surface area contributed by atoms with Crippen molar-refractivity contribution in [2.75, 3.05) is 19.6 Å². The van der Waals surface area contributed by atoms with Crippen LogP contribution in [-0.4, -0.2) is 31.7 Å². The van der Waals surface area contributed by atoms with Crippen LogP contribution in [-0.2, 0) is 12.8 Å². The molecule has 0 aliphatic carbocycles. The average molecular weight is 355 g/mol. The van der Waals surface area contributed by atoms with Gasteiger partial charge in [0.2, 0.25) is 0 Å². The molecular weight excluding hydrogens is 320 g/mol. The van der Waals surface area contributed by atoms with Crippen molar-refractivity contribution in [3.8, 4) is 0 Å². The summed E-state index contributed by atoms with van der Waals surface area (Å²) in [7, 11) is 0. The second-order valence-electron chi connectivity index (χ2n) is 6.99. The quantitative estimate of drug-likeness (QED) is 0.470. The minimum atomic E-state index is 0.0162. The lowest BCUT2D eigenvalue weighted by atomic mass is 9.86. The Morgan fingerprint density at radius 3 is 2.04 bits per heavy atom. The maximum Gasteiger partial charge on any atom is 0.0238 e. The second kappa shape index (κ2) is 11.8. The molecule has 0 saturated heterocycles. The molecule has 0 amide bonds. The number of hydrogen-bond acceptors (Lipinski definition) is 4. The van der Waals surface area contributed by atoms with Crippen LogP contribution in [0, 0.1) is 5.92 Å². The minimum Gasteiger partial charge on any atom is -0.330 e. The molecule has 0 saturated carbocycles. The fraction of sp³-hybridized carbons (Fsp3) is 0.455. The molecule has 0 spiro atoms. The van der Waals surface area contributed by atoms with E-state index < -0.39 is 0 Å². The molecule has 0 heterocycles. The van der Waals surface area contributed by atoms with Crippen LogP contribution in [0.4, 0.5) is 0 Å². The van der Waals surface area contributed by atoms with Gasteiger partial charge in [0, 0.05) is 12.1 Å². The van der Waals surface area contributed by atoms with E-state index in [1.165, 1.54) is 11.1 Å². The Balaban J connectivity index is 1.93. The van der Waals surface area contributed by atoms with E-state index in [0.717, 1.165) is 32.2 Å². The summed E-state index contributed by atoms with van der Waals surface area (Å²) in [6.07, 6.45) is 3.87. The maximum absolute atomic E-state index is 6.66. The first-order chi connectivity index (χ1) is 12.7. The van der Waals surface area contributed by atoms with Gasteiger partial charge < -0.3 is 22.5 Å². The highest BCUT2D eigenvalue weighted by Crippen LogP contribution is 2.15. The Bertz CT molecular complexity index is 588. The van der Waals surface area contributed by atoms with Crippen LogP contribution in [0.15, 0.2) is 60.7 Å². The van der Waals surface area contributed by atoms with E-state index >= 15 is 0 Å². The van der Waals surface area contributed by atoms with E-state index in [-0.39, 0.29) is 18.0 Å². The van der Waals surface area contributed by atoms with Crippen LogP contribution in [0.25, 0.3) is 0 Å². The molecule has 0 aromatic heterocycles. The Morgan fingerprint density at radius 1 is 0.846 bits per heavy atom. The van der Waals surface area contributed by atoms with Crippen molar-refractivity contribution >= 4 is 0 Å². The molecule has 4 heteroatoms. The minimum absolute atomic E-state index is 0.0162. The van der Waals surface area contributed by atoms with Gasteiger partial charge in [0.1, 0.15) is 0 Å². The molecule has 2 aromatic rings. The second-order valence-corrected chi connectivity index (χ2v) is 6.99. The van der Waals surface area contributed by atoms with Crippen molar-refractivity contribution in [2.45, 2.75) is 37.8 Å². The standard InChI is InChI=1S/C22H34N4/c23-14-7-12-21(26-15-13-18-8-3-1-4-9-18)22(25)20(17-24)16-19-10-5-2-6-11-19/h1-6,8-11,20-22,26H,7,12-17,23-25H2/t20-,21?,22?/m0/s1. The molecule has 2 rings (SSSR count). The molecule has 0 aliphatic rings. The third-order valence-corrected chi connectivity index (χ3v) is 5.03. The van der Waals surface area contributed by atoms with E-state index in [2.05, 4.69) is 53.8 Å². The van der Waals surface area contributed by atoms with Crippen molar-refractivity contribution in [2.24, 2.45) is 23.1 Å². The summed E-state index contributed by atoms with van der Waals surface area (Å²) in [5, 5.41) is 3.67. The van der Waals surface area contributed by atoms with Gasteiger partial charge >= 0.3 is 0 Å². The van der Waals surface area contributed by atoms with Crippen molar-refractivity contribution in [1.29, 1.82) is 0 Å². The summed E-state index contributed by atoms with van der Waals surface area (Å²) in [6, 6.07) is 21.2. The van der Waals surface area contributed by atoms with Gasteiger partial charge in [-0.05, 0) is 62.4 Å². The Hall–Kier alpha value is -1.72. The third kappa shape index (κ3) is 6.89. The Kier molecular flexibility index (Phi) is 9.35. The fourth-order valence-corrected chi connectivity index (χ4v) is 3.44. The van der Waals surface area contributed by atoms with Gasteiger partial charge in [-0.1, -0.05) is 60.7 Å². The summed E-state index contributed by atoms with van der Waals surface area (Å²) < 4.78 is 0. The van der Waals surface area contributed by atoms with E-state index in [0.29, 0.717) is 13.1 Å². The lowest BCUT2D eigenvalue weighted by Gasteiger charge is -2.31. The monoisotopic (exact) mass is 354 g/mol. The molecule has 26 heavy (non-hydrogen) atoms. The molecule has 3 atom stereocenters. The van der Waals surface area contributed by atoms with Crippen molar-refractivity contribution in [1.82, 2.24) is 5.32 Å². The molecule has 0 bridgehead atoms. The first-order valence-electron chi connectivity index (χ1n) is 9.71. The normalized spacial score (nSPS) is 14.7. The summed E-state index contributed by atoms with van der Waals surface area (Å²) in [6.45, 7) is 2.20. The van der Waals surface area contributed by atoms with E-state index in [1.807, 2.05) is 12.1 Å². The SMILES string of the molecule is NCCCC(NCCc1ccccc1)C(N)[C@H](CN)Cc1ccccc1. The Morgan fingerprint density at radius 2 is 1.46 bits per heavy atom. The molecule has 142 valence electrons. The first-order valence-corrected chi connectivity index (χ1v) is 9.71. The predicted molar refractivity (Wildman–Crippen MR) is 111 cm³/mol. The van der Waals surface area contributed by atoms with Gasteiger partial charge in [-0.25, -0.2) is 0 Å². The van der Waals surface area contributed by atoms with E-state index in [9.17, 15) is 0 Å². The highest BCUT2D eigenvalue weighted by atomic mass is 15.0. The highest BCUT2D eigenvalue weighted by Gasteiger charge is 2.25. The third-order valence-electron chi connectivity index (χ3n) is 5.03. The van der Waals surface area contributed by atoms with Crippen LogP contribution in [0.5, 0.6) is 0 Å². The van der Waals surface area contributed by atoms with Crippen LogP contribution < -0.4 is 22.5 Å². The summed E-state index contributed by atoms with van der Waals surface area (Å²) in [5.74, 6) is 0.254. The van der Waals surface area contributed by atoms with Gasteiger partial charge in [-0.15, -0.1) is 0 Å². The highest BCUT2D eigenvalue weighted by molar-refractivity contribution is 5.16. The molecule has 7 N–H and O–H groups in total. The van der Waals surface area contributed by atoms with Gasteiger partial charge in [-0.2, -0.15) is 0 Å². The molecular formula is C22H34N4. The van der Waals surface area contributed by atoms with E-state index in [1.54, 1.807) is 0 Å². The molecule has 2 unspecified atom stereocenters. The van der Waals surface area contributed by atoms with Crippen LogP contribution in [0.2, 0.25) is 0 Å². The lowest BCUT2D eigenvalue weighted by Crippen LogP contribution is -2.52. The smallest absolute Gasteiger partial charge is 0.0238 e. The van der Waals surface area contributed by atoms with E-state index in [4.69, 9.17) is 17.2 Å². The molecule has 2 aromatic carbocycles.